The van der Waals surface area contributed by atoms with Gasteiger partial charge in [-0.1, -0.05) is 82.0 Å². The zero-order chi connectivity index (χ0) is 22.1. The smallest absolute Gasteiger partial charge is 0.129 e. The summed E-state index contributed by atoms with van der Waals surface area (Å²) in [6.07, 6.45) is 12.4. The Balaban J connectivity index is 0.00000132. The molecule has 0 amide bonds. The molecule has 0 aliphatic heterocycles. The summed E-state index contributed by atoms with van der Waals surface area (Å²) in [5.74, 6) is 0. The first kappa shape index (κ1) is 23.3. The molecule has 3 nitrogen and oxygen atoms in total. The maximum Gasteiger partial charge on any atom is 0.129 e. The molecule has 4 rings (SSSR count). The summed E-state index contributed by atoms with van der Waals surface area (Å²) in [7, 11) is 0. The van der Waals surface area contributed by atoms with Gasteiger partial charge in [0.1, 0.15) is 5.15 Å². The van der Waals surface area contributed by atoms with E-state index in [1.54, 1.807) is 0 Å². The number of nitrogens with one attached hydrogen (secondary N) is 1. The Morgan fingerprint density at radius 3 is 2.58 bits per heavy atom. The molecule has 1 N–H and O–H groups in total. The minimum absolute atomic E-state index is 0.527. The van der Waals surface area contributed by atoms with Gasteiger partial charge in [-0.15, -0.1) is 0 Å². The van der Waals surface area contributed by atoms with E-state index in [0.717, 1.165) is 29.6 Å². The molecule has 1 aromatic carbocycles. The van der Waals surface area contributed by atoms with Gasteiger partial charge in [0, 0.05) is 17.6 Å². The maximum absolute atomic E-state index is 5.97. The van der Waals surface area contributed by atoms with Crippen molar-refractivity contribution in [3.05, 3.63) is 76.7 Å². The lowest BCUT2D eigenvalue weighted by atomic mass is 9.94. The number of allylic oxidation sites excluding steroid dienone is 1. The molecule has 1 aliphatic rings. The highest BCUT2D eigenvalue weighted by Gasteiger charge is 2.16. The molecule has 31 heavy (non-hydrogen) atoms. The van der Waals surface area contributed by atoms with Crippen LogP contribution in [0.5, 0.6) is 0 Å². The van der Waals surface area contributed by atoms with Gasteiger partial charge in [-0.25, -0.2) is 9.97 Å². The van der Waals surface area contributed by atoms with Crippen LogP contribution in [0.15, 0.2) is 54.7 Å². The molecule has 0 bridgehead atoms. The second kappa shape index (κ2) is 11.9. The fourth-order valence-electron chi connectivity index (χ4n) is 4.17. The number of halogens is 1. The lowest BCUT2D eigenvalue weighted by Gasteiger charge is -2.25. The summed E-state index contributed by atoms with van der Waals surface area (Å²) in [6.45, 7) is 6.18. The van der Waals surface area contributed by atoms with Gasteiger partial charge in [0.2, 0.25) is 0 Å². The fourth-order valence-corrected chi connectivity index (χ4v) is 4.28. The van der Waals surface area contributed by atoms with Gasteiger partial charge in [-0.05, 0) is 55.0 Å². The average molecular weight is 436 g/mol. The summed E-state index contributed by atoms with van der Waals surface area (Å²) in [5, 5.41) is 5.53. The second-order valence-corrected chi connectivity index (χ2v) is 8.24. The van der Waals surface area contributed by atoms with Crippen molar-refractivity contribution >= 4 is 28.2 Å². The predicted octanol–water partition coefficient (Wildman–Crippen LogP) is 7.57. The van der Waals surface area contributed by atoms with E-state index in [9.17, 15) is 0 Å². The lowest BCUT2D eigenvalue weighted by molar-refractivity contribution is 0.408. The van der Waals surface area contributed by atoms with Gasteiger partial charge in [0.25, 0.3) is 0 Å². The molecule has 3 aromatic rings. The van der Waals surface area contributed by atoms with Crippen LogP contribution in [0.2, 0.25) is 5.15 Å². The molecule has 1 saturated carbocycles. The van der Waals surface area contributed by atoms with Crippen LogP contribution in [-0.2, 0) is 6.42 Å². The Morgan fingerprint density at radius 2 is 1.87 bits per heavy atom. The molecule has 2 aromatic heterocycles. The quantitative estimate of drug-likeness (QED) is 0.405. The SMILES string of the molecule is CC.CCC=C(NC1CCCCC1)c1cc(Cc2ccc(Cl)nc2)c2ccccc2n1. The zero-order valence-electron chi connectivity index (χ0n) is 19.0. The molecule has 4 heteroatoms. The third-order valence-electron chi connectivity index (χ3n) is 5.63. The van der Waals surface area contributed by atoms with Crippen molar-refractivity contribution in [2.24, 2.45) is 0 Å². The Hall–Kier alpha value is -2.39. The van der Waals surface area contributed by atoms with Crippen LogP contribution in [0.4, 0.5) is 0 Å². The first-order chi connectivity index (χ1) is 15.2. The molecule has 164 valence electrons. The van der Waals surface area contributed by atoms with Crippen LogP contribution < -0.4 is 5.32 Å². The highest BCUT2D eigenvalue weighted by Crippen LogP contribution is 2.26. The number of nitrogens with zero attached hydrogens (tertiary/aromatic N) is 2. The number of pyridine rings is 2. The Labute approximate surface area is 192 Å². The maximum atomic E-state index is 5.97. The third kappa shape index (κ3) is 6.30. The van der Waals surface area contributed by atoms with Gasteiger partial charge in [-0.2, -0.15) is 0 Å². The molecule has 0 atom stereocenters. The van der Waals surface area contributed by atoms with Crippen LogP contribution >= 0.6 is 11.6 Å². The number of hydrogen-bond acceptors (Lipinski definition) is 3. The van der Waals surface area contributed by atoms with Crippen molar-refractivity contribution < 1.29 is 0 Å². The van der Waals surface area contributed by atoms with Crippen molar-refractivity contribution in [3.63, 3.8) is 0 Å². The Bertz CT molecular complexity index is 989. The molecular formula is C27H34ClN3. The number of para-hydroxylation sites is 1. The van der Waals surface area contributed by atoms with Crippen molar-refractivity contribution in [1.82, 2.24) is 15.3 Å². The van der Waals surface area contributed by atoms with E-state index in [4.69, 9.17) is 16.6 Å². The first-order valence-corrected chi connectivity index (χ1v) is 12.1. The van der Waals surface area contributed by atoms with Crippen LogP contribution in [0.1, 0.15) is 76.1 Å². The average Bonchev–Trinajstić information content (AvgIpc) is 2.82. The number of rotatable bonds is 6. The first-order valence-electron chi connectivity index (χ1n) is 11.7. The summed E-state index contributed by atoms with van der Waals surface area (Å²) >= 11 is 5.97. The fraction of sp³-hybridized carbons (Fsp3) is 0.407. The normalized spacial score (nSPS) is 14.8. The van der Waals surface area contributed by atoms with E-state index in [0.29, 0.717) is 11.2 Å². The van der Waals surface area contributed by atoms with Crippen LogP contribution in [0, 0.1) is 0 Å². The number of fused-ring (bicyclic) bond motifs is 1. The minimum atomic E-state index is 0.527. The topological polar surface area (TPSA) is 37.8 Å². The van der Waals surface area contributed by atoms with E-state index in [-0.39, 0.29) is 0 Å². The molecule has 2 heterocycles. The standard InChI is InChI=1S/C25H28ClN3.C2H6/c1-2-8-23(28-20-9-4-3-5-10-20)24-16-19(15-18-13-14-25(26)27-17-18)21-11-6-7-12-22(21)29-24;1-2/h6-8,11-14,16-17,20,28H,2-5,9-10,15H2,1H3;1-2H3. The van der Waals surface area contributed by atoms with Gasteiger partial charge < -0.3 is 5.32 Å². The summed E-state index contributed by atoms with van der Waals surface area (Å²) < 4.78 is 0. The number of aromatic nitrogens is 2. The largest absolute Gasteiger partial charge is 0.381 e. The highest BCUT2D eigenvalue weighted by molar-refractivity contribution is 6.29. The molecule has 0 spiro atoms. The van der Waals surface area contributed by atoms with E-state index in [1.165, 1.54) is 48.8 Å². The molecular weight excluding hydrogens is 402 g/mol. The molecule has 1 fully saturated rings. The van der Waals surface area contributed by atoms with Gasteiger partial charge in [0.05, 0.1) is 16.9 Å². The number of benzene rings is 1. The summed E-state index contributed by atoms with van der Waals surface area (Å²) in [5.41, 5.74) is 5.66. The summed E-state index contributed by atoms with van der Waals surface area (Å²) in [6, 6.07) is 15.1. The van der Waals surface area contributed by atoms with E-state index in [1.807, 2.05) is 32.2 Å². The van der Waals surface area contributed by atoms with Crippen LogP contribution in [0.3, 0.4) is 0 Å². The lowest BCUT2D eigenvalue weighted by Crippen LogP contribution is -2.30. The molecule has 1 aliphatic carbocycles. The molecule has 0 radical (unpaired) electrons. The van der Waals surface area contributed by atoms with Crippen molar-refractivity contribution in [2.45, 2.75) is 71.8 Å². The highest BCUT2D eigenvalue weighted by atomic mass is 35.5. The number of hydrogen-bond donors (Lipinski definition) is 1. The van der Waals surface area contributed by atoms with Crippen LogP contribution in [0.25, 0.3) is 16.6 Å². The third-order valence-corrected chi connectivity index (χ3v) is 5.86. The summed E-state index contributed by atoms with van der Waals surface area (Å²) in [4.78, 5) is 9.25. The second-order valence-electron chi connectivity index (χ2n) is 7.86. The monoisotopic (exact) mass is 435 g/mol. The Kier molecular flexibility index (Phi) is 8.90. The predicted molar refractivity (Wildman–Crippen MR) is 133 cm³/mol. The van der Waals surface area contributed by atoms with Gasteiger partial charge in [0.15, 0.2) is 0 Å². The van der Waals surface area contributed by atoms with E-state index in [2.05, 4.69) is 53.6 Å². The molecule has 0 saturated heterocycles. The minimum Gasteiger partial charge on any atom is -0.381 e. The van der Waals surface area contributed by atoms with Gasteiger partial charge >= 0.3 is 0 Å². The van der Waals surface area contributed by atoms with E-state index < -0.39 is 0 Å². The van der Waals surface area contributed by atoms with Crippen molar-refractivity contribution in [1.29, 1.82) is 0 Å². The van der Waals surface area contributed by atoms with Crippen molar-refractivity contribution in [3.8, 4) is 0 Å². The Morgan fingerprint density at radius 1 is 1.10 bits per heavy atom. The van der Waals surface area contributed by atoms with Gasteiger partial charge in [-0.3, -0.25) is 0 Å². The van der Waals surface area contributed by atoms with E-state index >= 15 is 0 Å². The van der Waals surface area contributed by atoms with Crippen molar-refractivity contribution in [2.75, 3.05) is 0 Å². The molecule has 0 unspecified atom stereocenters. The zero-order valence-corrected chi connectivity index (χ0v) is 19.8. The van der Waals surface area contributed by atoms with Crippen LogP contribution in [-0.4, -0.2) is 16.0 Å².